The smallest absolute Gasteiger partial charge is 0.270 e. The molecule has 3 aromatic rings. The molecule has 0 bridgehead atoms. The van der Waals surface area contributed by atoms with Gasteiger partial charge in [-0.25, -0.2) is 9.07 Å². The molecule has 0 amide bonds. The zero-order valence-electron chi connectivity index (χ0n) is 17.1. The van der Waals surface area contributed by atoms with Gasteiger partial charge in [0.25, 0.3) is 15.7 Å². The molecule has 0 radical (unpaired) electrons. The van der Waals surface area contributed by atoms with E-state index in [0.717, 1.165) is 11.8 Å². The summed E-state index contributed by atoms with van der Waals surface area (Å²) in [4.78, 5) is 13.0. The molecular formula is C22H22ClFN2O4S. The summed E-state index contributed by atoms with van der Waals surface area (Å²) < 4.78 is 42.1. The maximum absolute atomic E-state index is 13.7. The third-order valence-electron chi connectivity index (χ3n) is 4.67. The van der Waals surface area contributed by atoms with Crippen LogP contribution in [0.1, 0.15) is 23.1 Å². The number of hydrogen-bond acceptors (Lipinski definition) is 5. The fourth-order valence-corrected chi connectivity index (χ4v) is 3.71. The molecule has 164 valence electrons. The molecule has 0 spiro atoms. The Kier molecular flexibility index (Phi) is 7.25. The summed E-state index contributed by atoms with van der Waals surface area (Å²) in [5, 5.41) is 4.99. The monoisotopic (exact) mass is 464 g/mol. The first-order valence-corrected chi connectivity index (χ1v) is 11.8. The van der Waals surface area contributed by atoms with Gasteiger partial charge in [-0.15, -0.1) is 0 Å². The second kappa shape index (κ2) is 9.72. The molecule has 31 heavy (non-hydrogen) atoms. The molecule has 0 fully saturated rings. The second-order valence-electron chi connectivity index (χ2n) is 7.20. The summed E-state index contributed by atoms with van der Waals surface area (Å²) in [6, 6.07) is 13.4. The average molecular weight is 465 g/mol. The van der Waals surface area contributed by atoms with E-state index in [1.807, 2.05) is 12.1 Å². The summed E-state index contributed by atoms with van der Waals surface area (Å²) in [6.07, 6.45) is 1.61. The van der Waals surface area contributed by atoms with Crippen molar-refractivity contribution >= 4 is 21.7 Å². The van der Waals surface area contributed by atoms with E-state index in [0.29, 0.717) is 40.2 Å². The number of nitrogens with zero attached hydrogens (tertiary/aromatic N) is 2. The van der Waals surface area contributed by atoms with E-state index in [1.54, 1.807) is 37.3 Å². The molecule has 0 unspecified atom stereocenters. The first-order valence-electron chi connectivity index (χ1n) is 9.59. The van der Waals surface area contributed by atoms with Crippen LogP contribution in [-0.2, 0) is 27.3 Å². The SMILES string of the molecule is Cc1cc(-c2cc(CCCOS(C)(=O)=O)c(=O)n(Cc3ccccc3Cl)n2)ccc1F. The molecule has 1 aromatic heterocycles. The highest BCUT2D eigenvalue weighted by atomic mass is 35.5. The van der Waals surface area contributed by atoms with Gasteiger partial charge in [0.15, 0.2) is 0 Å². The lowest BCUT2D eigenvalue weighted by Gasteiger charge is -2.12. The van der Waals surface area contributed by atoms with E-state index < -0.39 is 10.1 Å². The van der Waals surface area contributed by atoms with E-state index in [9.17, 15) is 17.6 Å². The Morgan fingerprint density at radius 2 is 1.87 bits per heavy atom. The minimum absolute atomic E-state index is 0.0316. The summed E-state index contributed by atoms with van der Waals surface area (Å²) in [5.74, 6) is -0.328. The minimum Gasteiger partial charge on any atom is -0.270 e. The molecule has 0 aliphatic rings. The lowest BCUT2D eigenvalue weighted by atomic mass is 10.1. The minimum atomic E-state index is -3.55. The van der Waals surface area contributed by atoms with Gasteiger partial charge in [-0.2, -0.15) is 13.5 Å². The van der Waals surface area contributed by atoms with Crippen molar-refractivity contribution in [3.63, 3.8) is 0 Å². The van der Waals surface area contributed by atoms with Crippen LogP contribution in [-0.4, -0.2) is 31.1 Å². The highest BCUT2D eigenvalue weighted by molar-refractivity contribution is 7.85. The van der Waals surface area contributed by atoms with Crippen molar-refractivity contribution in [2.45, 2.75) is 26.3 Å². The number of rotatable bonds is 8. The van der Waals surface area contributed by atoms with Gasteiger partial charge in [-0.1, -0.05) is 29.8 Å². The Labute approximate surface area is 185 Å². The zero-order chi connectivity index (χ0) is 22.6. The van der Waals surface area contributed by atoms with Crippen molar-refractivity contribution in [1.29, 1.82) is 0 Å². The molecule has 0 saturated heterocycles. The fraction of sp³-hybridized carbons (Fsp3) is 0.273. The van der Waals surface area contributed by atoms with Crippen molar-refractivity contribution in [2.24, 2.45) is 0 Å². The molecule has 3 rings (SSSR count). The van der Waals surface area contributed by atoms with Crippen LogP contribution in [0.4, 0.5) is 4.39 Å². The van der Waals surface area contributed by atoms with Crippen LogP contribution >= 0.6 is 11.6 Å². The van der Waals surface area contributed by atoms with Gasteiger partial charge in [0, 0.05) is 16.1 Å². The normalized spacial score (nSPS) is 11.6. The standard InChI is InChI=1S/C22H22ClFN2O4S/c1-15-12-16(9-10-20(15)24)21-13-17(7-5-11-30-31(2,28)29)22(27)26(25-21)14-18-6-3-4-8-19(18)23/h3-4,6,8-10,12-13H,5,7,11,14H2,1-2H3. The van der Waals surface area contributed by atoms with Gasteiger partial charge in [-0.05, 0) is 61.2 Å². The molecule has 9 heteroatoms. The van der Waals surface area contributed by atoms with E-state index in [1.165, 1.54) is 10.7 Å². The first-order chi connectivity index (χ1) is 14.6. The number of hydrogen-bond donors (Lipinski definition) is 0. The van der Waals surface area contributed by atoms with Crippen molar-refractivity contribution in [3.8, 4) is 11.3 Å². The predicted molar refractivity (Wildman–Crippen MR) is 118 cm³/mol. The van der Waals surface area contributed by atoms with Crippen LogP contribution in [0.25, 0.3) is 11.3 Å². The average Bonchev–Trinajstić information content (AvgIpc) is 2.70. The van der Waals surface area contributed by atoms with Gasteiger partial charge in [-0.3, -0.25) is 8.98 Å². The van der Waals surface area contributed by atoms with Crippen molar-refractivity contribution in [2.75, 3.05) is 12.9 Å². The van der Waals surface area contributed by atoms with E-state index in [-0.39, 0.29) is 24.5 Å². The Bertz CT molecular complexity index is 1260. The van der Waals surface area contributed by atoms with Gasteiger partial charge in [0.1, 0.15) is 5.82 Å². The molecular weight excluding hydrogens is 443 g/mol. The Morgan fingerprint density at radius 1 is 1.13 bits per heavy atom. The van der Waals surface area contributed by atoms with Crippen LogP contribution in [0, 0.1) is 12.7 Å². The fourth-order valence-electron chi connectivity index (χ4n) is 3.09. The summed E-state index contributed by atoms with van der Waals surface area (Å²) in [7, 11) is -3.55. The van der Waals surface area contributed by atoms with Gasteiger partial charge in [0.2, 0.25) is 0 Å². The Morgan fingerprint density at radius 3 is 2.55 bits per heavy atom. The van der Waals surface area contributed by atoms with Crippen molar-refractivity contribution in [1.82, 2.24) is 9.78 Å². The number of halogens is 2. The van der Waals surface area contributed by atoms with Crippen LogP contribution < -0.4 is 5.56 Å². The van der Waals surface area contributed by atoms with E-state index in [2.05, 4.69) is 5.10 Å². The van der Waals surface area contributed by atoms with Gasteiger partial charge >= 0.3 is 0 Å². The topological polar surface area (TPSA) is 78.3 Å². The third kappa shape index (κ3) is 6.22. The largest absolute Gasteiger partial charge is 0.270 e. The highest BCUT2D eigenvalue weighted by Crippen LogP contribution is 2.21. The summed E-state index contributed by atoms with van der Waals surface area (Å²) in [6.45, 7) is 1.79. The molecule has 2 aromatic carbocycles. The summed E-state index contributed by atoms with van der Waals surface area (Å²) >= 11 is 6.25. The maximum Gasteiger partial charge on any atom is 0.270 e. The van der Waals surface area contributed by atoms with Crippen molar-refractivity contribution < 1.29 is 17.0 Å². The zero-order valence-corrected chi connectivity index (χ0v) is 18.7. The predicted octanol–water partition coefficient (Wildman–Crippen LogP) is 3.97. The van der Waals surface area contributed by atoms with Crippen LogP contribution in [0.5, 0.6) is 0 Å². The molecule has 0 atom stereocenters. The molecule has 6 nitrogen and oxygen atoms in total. The van der Waals surface area contributed by atoms with E-state index >= 15 is 0 Å². The van der Waals surface area contributed by atoms with Crippen molar-refractivity contribution in [3.05, 3.63) is 86.4 Å². The maximum atomic E-state index is 13.7. The second-order valence-corrected chi connectivity index (χ2v) is 9.25. The molecule has 1 heterocycles. The number of aryl methyl sites for hydroxylation is 2. The highest BCUT2D eigenvalue weighted by Gasteiger charge is 2.13. The Balaban J connectivity index is 1.99. The van der Waals surface area contributed by atoms with Crippen LogP contribution in [0.3, 0.4) is 0 Å². The first kappa shape index (κ1) is 23.1. The number of aromatic nitrogens is 2. The van der Waals surface area contributed by atoms with Crippen LogP contribution in [0.2, 0.25) is 5.02 Å². The molecule has 0 aliphatic heterocycles. The lowest BCUT2D eigenvalue weighted by Crippen LogP contribution is -2.27. The van der Waals surface area contributed by atoms with E-state index in [4.69, 9.17) is 15.8 Å². The molecule has 0 N–H and O–H groups in total. The lowest BCUT2D eigenvalue weighted by molar-refractivity contribution is 0.315. The van der Waals surface area contributed by atoms with Gasteiger partial charge < -0.3 is 0 Å². The Hall–Kier alpha value is -2.55. The molecule has 0 aliphatic carbocycles. The number of benzene rings is 2. The van der Waals surface area contributed by atoms with Crippen LogP contribution in [0.15, 0.2) is 53.3 Å². The third-order valence-corrected chi connectivity index (χ3v) is 5.63. The molecule has 0 saturated carbocycles. The quantitative estimate of drug-likeness (QED) is 0.372. The summed E-state index contributed by atoms with van der Waals surface area (Å²) in [5.41, 5.74) is 2.52. The van der Waals surface area contributed by atoms with Gasteiger partial charge in [0.05, 0.1) is 25.1 Å².